The van der Waals surface area contributed by atoms with Crippen molar-refractivity contribution in [1.82, 2.24) is 10.2 Å². The van der Waals surface area contributed by atoms with Gasteiger partial charge in [-0.1, -0.05) is 6.07 Å². The third kappa shape index (κ3) is 3.66. The number of likely N-dealkylation sites (N-methyl/N-ethyl adjacent to an activating group) is 1. The summed E-state index contributed by atoms with van der Waals surface area (Å²) in [6.45, 7) is -1.56. The Morgan fingerprint density at radius 1 is 1.50 bits per heavy atom. The zero-order valence-corrected chi connectivity index (χ0v) is 11.3. The van der Waals surface area contributed by atoms with Crippen molar-refractivity contribution in [2.75, 3.05) is 20.1 Å². The van der Waals surface area contributed by atoms with Crippen LogP contribution in [0, 0.1) is 0 Å². The maximum atomic E-state index is 12.4. The first kappa shape index (κ1) is 14.7. The first-order valence-electron chi connectivity index (χ1n) is 6.61. The summed E-state index contributed by atoms with van der Waals surface area (Å²) in [4.78, 5) is 14.1. The molecule has 1 unspecified atom stereocenters. The number of hydrogen-bond donors (Lipinski definition) is 1. The summed E-state index contributed by atoms with van der Waals surface area (Å²) in [7, 11) is 1.87. The lowest BCUT2D eigenvalue weighted by Crippen LogP contribution is -2.46. The van der Waals surface area contributed by atoms with Crippen LogP contribution in [0.15, 0.2) is 24.3 Å². The summed E-state index contributed by atoms with van der Waals surface area (Å²) in [5.74, 6) is -0.141. The highest BCUT2D eigenvalue weighted by Gasteiger charge is 2.23. The van der Waals surface area contributed by atoms with Crippen LogP contribution in [0.5, 0.6) is 5.75 Å². The number of nitrogens with zero attached hydrogens (tertiary/aromatic N) is 1. The number of carbonyl (C=O) groups excluding carboxylic acids is 1. The molecule has 0 aliphatic carbocycles. The first-order valence-corrected chi connectivity index (χ1v) is 6.61. The van der Waals surface area contributed by atoms with E-state index in [-0.39, 0.29) is 17.7 Å². The molecule has 0 radical (unpaired) electrons. The normalized spacial score (nSPS) is 19.2. The van der Waals surface area contributed by atoms with Crippen molar-refractivity contribution >= 4 is 5.91 Å². The van der Waals surface area contributed by atoms with E-state index in [1.165, 1.54) is 12.1 Å². The molecule has 1 aromatic carbocycles. The number of carbonyl (C=O) groups is 1. The summed E-state index contributed by atoms with van der Waals surface area (Å²) in [5, 5.41) is 3.16. The molecular weight excluding hydrogens is 266 g/mol. The summed E-state index contributed by atoms with van der Waals surface area (Å²) in [6, 6.07) is 6.22. The van der Waals surface area contributed by atoms with Gasteiger partial charge in [-0.3, -0.25) is 4.79 Å². The standard InChI is InChI=1S/C14H18F2N2O2/c1-17-11-5-3-7-18(9-11)13(19)10-4-2-6-12(8-10)20-14(15)16/h2,4,6,8,11,14,17H,3,5,7,9H2,1H3. The number of alkyl halides is 2. The van der Waals surface area contributed by atoms with Crippen LogP contribution < -0.4 is 10.1 Å². The minimum Gasteiger partial charge on any atom is -0.435 e. The van der Waals surface area contributed by atoms with E-state index < -0.39 is 6.61 Å². The van der Waals surface area contributed by atoms with Crippen molar-refractivity contribution in [2.24, 2.45) is 0 Å². The highest BCUT2D eigenvalue weighted by molar-refractivity contribution is 5.94. The number of nitrogens with one attached hydrogen (secondary N) is 1. The van der Waals surface area contributed by atoms with E-state index in [1.54, 1.807) is 17.0 Å². The largest absolute Gasteiger partial charge is 0.435 e. The molecule has 1 N–H and O–H groups in total. The molecule has 1 aromatic rings. The average Bonchev–Trinajstić information content (AvgIpc) is 2.46. The van der Waals surface area contributed by atoms with Gasteiger partial charge in [0.1, 0.15) is 5.75 Å². The maximum absolute atomic E-state index is 12.4. The third-order valence-electron chi connectivity index (χ3n) is 3.42. The number of rotatable bonds is 4. The zero-order chi connectivity index (χ0) is 14.5. The number of piperidine rings is 1. The lowest BCUT2D eigenvalue weighted by Gasteiger charge is -2.32. The van der Waals surface area contributed by atoms with E-state index >= 15 is 0 Å². The molecule has 0 spiro atoms. The average molecular weight is 284 g/mol. The molecule has 6 heteroatoms. The first-order chi connectivity index (χ1) is 9.60. The molecular formula is C14H18F2N2O2. The second kappa shape index (κ2) is 6.65. The molecule has 1 aliphatic heterocycles. The van der Waals surface area contributed by atoms with Gasteiger partial charge in [0.25, 0.3) is 5.91 Å². The van der Waals surface area contributed by atoms with Gasteiger partial charge in [0, 0.05) is 24.7 Å². The molecule has 1 fully saturated rings. The molecule has 1 saturated heterocycles. The quantitative estimate of drug-likeness (QED) is 0.920. The minimum atomic E-state index is -2.89. The van der Waals surface area contributed by atoms with Crippen molar-refractivity contribution < 1.29 is 18.3 Å². The van der Waals surface area contributed by atoms with Gasteiger partial charge in [0.2, 0.25) is 0 Å². The van der Waals surface area contributed by atoms with Crippen molar-refractivity contribution in [2.45, 2.75) is 25.5 Å². The zero-order valence-electron chi connectivity index (χ0n) is 11.3. The van der Waals surface area contributed by atoms with Crippen molar-refractivity contribution in [1.29, 1.82) is 0 Å². The molecule has 1 atom stereocenters. The molecule has 110 valence electrons. The molecule has 1 heterocycles. The van der Waals surface area contributed by atoms with Gasteiger partial charge >= 0.3 is 6.61 Å². The Labute approximate surface area is 116 Å². The highest BCUT2D eigenvalue weighted by Crippen LogP contribution is 2.19. The van der Waals surface area contributed by atoms with Gasteiger partial charge in [-0.2, -0.15) is 8.78 Å². The number of benzene rings is 1. The Bertz CT molecular complexity index is 468. The van der Waals surface area contributed by atoms with E-state index in [1.807, 2.05) is 7.05 Å². The Morgan fingerprint density at radius 2 is 2.30 bits per heavy atom. The second-order valence-electron chi connectivity index (χ2n) is 4.79. The Morgan fingerprint density at radius 3 is 3.00 bits per heavy atom. The van der Waals surface area contributed by atoms with Gasteiger partial charge in [-0.15, -0.1) is 0 Å². The Balaban J connectivity index is 2.08. The molecule has 1 aliphatic rings. The summed E-state index contributed by atoms with van der Waals surface area (Å²) in [5.41, 5.74) is 0.375. The number of halogens is 2. The summed E-state index contributed by atoms with van der Waals surface area (Å²) < 4.78 is 28.7. The third-order valence-corrected chi connectivity index (χ3v) is 3.42. The van der Waals surface area contributed by atoms with Gasteiger partial charge in [0.05, 0.1) is 0 Å². The van der Waals surface area contributed by atoms with Crippen LogP contribution >= 0.6 is 0 Å². The van der Waals surface area contributed by atoms with E-state index in [2.05, 4.69) is 10.1 Å². The maximum Gasteiger partial charge on any atom is 0.387 e. The van der Waals surface area contributed by atoms with Gasteiger partial charge < -0.3 is 15.0 Å². The molecule has 4 nitrogen and oxygen atoms in total. The highest BCUT2D eigenvalue weighted by atomic mass is 19.3. The van der Waals surface area contributed by atoms with Crippen molar-refractivity contribution in [3.63, 3.8) is 0 Å². The van der Waals surface area contributed by atoms with Crippen LogP contribution in [-0.4, -0.2) is 43.6 Å². The summed E-state index contributed by atoms with van der Waals surface area (Å²) >= 11 is 0. The lowest BCUT2D eigenvalue weighted by atomic mass is 10.0. The van der Waals surface area contributed by atoms with Crippen LogP contribution in [-0.2, 0) is 0 Å². The van der Waals surface area contributed by atoms with Crippen molar-refractivity contribution in [3.8, 4) is 5.75 Å². The molecule has 20 heavy (non-hydrogen) atoms. The SMILES string of the molecule is CNC1CCCN(C(=O)c2cccc(OC(F)F)c2)C1. The Kier molecular flexibility index (Phi) is 4.89. The number of amides is 1. The lowest BCUT2D eigenvalue weighted by molar-refractivity contribution is -0.0499. The van der Waals surface area contributed by atoms with Crippen molar-refractivity contribution in [3.05, 3.63) is 29.8 Å². The smallest absolute Gasteiger partial charge is 0.387 e. The van der Waals surface area contributed by atoms with Crippen LogP contribution in [0.4, 0.5) is 8.78 Å². The molecule has 0 aromatic heterocycles. The molecule has 0 saturated carbocycles. The monoisotopic (exact) mass is 284 g/mol. The van der Waals surface area contributed by atoms with E-state index in [9.17, 15) is 13.6 Å². The summed E-state index contributed by atoms with van der Waals surface area (Å²) in [6.07, 6.45) is 1.97. The van der Waals surface area contributed by atoms with Crippen LogP contribution in [0.2, 0.25) is 0 Å². The fourth-order valence-corrected chi connectivity index (χ4v) is 2.39. The predicted octanol–water partition coefficient (Wildman–Crippen LogP) is 2.11. The van der Waals surface area contributed by atoms with Gasteiger partial charge in [-0.05, 0) is 38.1 Å². The number of hydrogen-bond acceptors (Lipinski definition) is 3. The molecule has 0 bridgehead atoms. The van der Waals surface area contributed by atoms with E-state index in [0.717, 1.165) is 12.8 Å². The van der Waals surface area contributed by atoms with Gasteiger partial charge in [-0.25, -0.2) is 0 Å². The molecule has 2 rings (SSSR count). The van der Waals surface area contributed by atoms with E-state index in [0.29, 0.717) is 18.7 Å². The fourth-order valence-electron chi connectivity index (χ4n) is 2.39. The van der Waals surface area contributed by atoms with Crippen LogP contribution in [0.3, 0.4) is 0 Å². The van der Waals surface area contributed by atoms with Crippen LogP contribution in [0.25, 0.3) is 0 Å². The second-order valence-corrected chi connectivity index (χ2v) is 4.79. The van der Waals surface area contributed by atoms with Crippen LogP contribution in [0.1, 0.15) is 23.2 Å². The van der Waals surface area contributed by atoms with Gasteiger partial charge in [0.15, 0.2) is 0 Å². The number of likely N-dealkylation sites (tertiary alicyclic amines) is 1. The predicted molar refractivity (Wildman–Crippen MR) is 71.1 cm³/mol. The fraction of sp³-hybridized carbons (Fsp3) is 0.500. The number of ether oxygens (including phenoxy) is 1. The molecule has 1 amide bonds. The Hall–Kier alpha value is -1.69. The topological polar surface area (TPSA) is 41.6 Å². The minimum absolute atomic E-state index is 0.00743. The van der Waals surface area contributed by atoms with E-state index in [4.69, 9.17) is 0 Å².